The van der Waals surface area contributed by atoms with Crippen LogP contribution in [-0.2, 0) is 9.53 Å². The van der Waals surface area contributed by atoms with Gasteiger partial charge in [-0.25, -0.2) is 0 Å². The second-order valence-electron chi connectivity index (χ2n) is 7.65. The molecule has 0 radical (unpaired) electrons. The molecule has 1 aromatic carbocycles. The van der Waals surface area contributed by atoms with Gasteiger partial charge in [0.2, 0.25) is 0 Å². The molecule has 2 atom stereocenters. The van der Waals surface area contributed by atoms with Crippen LogP contribution in [0.2, 0.25) is 0 Å². The number of carbonyl (C=O) groups is 1. The Labute approximate surface area is 147 Å². The zero-order valence-electron chi connectivity index (χ0n) is 15.7. The number of likely N-dealkylation sites (tertiary alicyclic amines) is 1. The molecule has 1 saturated heterocycles. The zero-order valence-corrected chi connectivity index (χ0v) is 15.7. The zero-order chi connectivity index (χ0) is 17.4. The van der Waals surface area contributed by atoms with Crippen molar-refractivity contribution in [1.82, 2.24) is 0 Å². The third kappa shape index (κ3) is 5.34. The third-order valence-electron chi connectivity index (χ3n) is 5.61. The predicted molar refractivity (Wildman–Crippen MR) is 98.9 cm³/mol. The summed E-state index contributed by atoms with van der Waals surface area (Å²) in [5.41, 5.74) is 1.08. The van der Waals surface area contributed by atoms with Crippen LogP contribution < -0.4 is 0 Å². The van der Waals surface area contributed by atoms with E-state index in [1.54, 1.807) is 0 Å². The third-order valence-corrected chi connectivity index (χ3v) is 5.61. The first-order valence-electron chi connectivity index (χ1n) is 9.61. The molecule has 0 N–H and O–H groups in total. The second-order valence-corrected chi connectivity index (χ2v) is 7.65. The summed E-state index contributed by atoms with van der Waals surface area (Å²) >= 11 is 0. The van der Waals surface area contributed by atoms with Crippen LogP contribution in [0.5, 0.6) is 0 Å². The summed E-state index contributed by atoms with van der Waals surface area (Å²) in [4.78, 5) is 12.6. The molecule has 1 aliphatic rings. The lowest BCUT2D eigenvalue weighted by molar-refractivity contribution is -0.914. The molecule has 0 saturated carbocycles. The topological polar surface area (TPSA) is 26.3 Å². The number of nitrogens with zero attached hydrogens (tertiary/aromatic N) is 1. The fourth-order valence-electron chi connectivity index (χ4n) is 3.80. The van der Waals surface area contributed by atoms with Crippen LogP contribution in [0, 0.1) is 5.92 Å². The summed E-state index contributed by atoms with van der Waals surface area (Å²) in [7, 11) is 2.34. The smallest absolute Gasteiger partial charge is 0.313 e. The Bertz CT molecular complexity index is 494. The molecular weight excluding hydrogens is 298 g/mol. The Morgan fingerprint density at radius 3 is 2.46 bits per heavy atom. The van der Waals surface area contributed by atoms with E-state index in [9.17, 15) is 4.79 Å². The average molecular weight is 333 g/mol. The van der Waals surface area contributed by atoms with E-state index in [2.05, 4.69) is 20.9 Å². The molecule has 2 rings (SSSR count). The van der Waals surface area contributed by atoms with Crippen LogP contribution in [0.1, 0.15) is 57.4 Å². The lowest BCUT2D eigenvalue weighted by atomic mass is 9.86. The van der Waals surface area contributed by atoms with Gasteiger partial charge in [-0.3, -0.25) is 4.79 Å². The highest BCUT2D eigenvalue weighted by molar-refractivity contribution is 5.78. The molecule has 1 aliphatic heterocycles. The Hall–Kier alpha value is -1.35. The molecule has 1 heterocycles. The summed E-state index contributed by atoms with van der Waals surface area (Å²) in [5.74, 6) is 0.0966. The van der Waals surface area contributed by atoms with Crippen LogP contribution in [0.3, 0.4) is 0 Å². The van der Waals surface area contributed by atoms with E-state index in [-0.39, 0.29) is 11.9 Å². The van der Waals surface area contributed by atoms with Crippen molar-refractivity contribution < 1.29 is 14.0 Å². The Balaban J connectivity index is 1.84. The molecule has 3 nitrogen and oxygen atoms in total. The number of rotatable bonds is 8. The van der Waals surface area contributed by atoms with Gasteiger partial charge in [0.05, 0.1) is 39.2 Å². The minimum Gasteiger partial charge on any atom is -0.465 e. The molecule has 0 bridgehead atoms. The first kappa shape index (κ1) is 19.0. The lowest BCUT2D eigenvalue weighted by Gasteiger charge is -2.37. The van der Waals surface area contributed by atoms with Crippen LogP contribution >= 0.6 is 0 Å². The van der Waals surface area contributed by atoms with Gasteiger partial charge in [-0.05, 0) is 30.7 Å². The molecule has 134 valence electrons. The van der Waals surface area contributed by atoms with Gasteiger partial charge in [-0.1, -0.05) is 50.6 Å². The summed E-state index contributed by atoms with van der Waals surface area (Å²) in [6.45, 7) is 8.48. The molecule has 0 amide bonds. The second kappa shape index (κ2) is 9.22. The highest BCUT2D eigenvalue weighted by atomic mass is 16.5. The summed E-state index contributed by atoms with van der Waals surface area (Å²) in [6.07, 6.45) is 5.98. The van der Waals surface area contributed by atoms with Crippen molar-refractivity contribution in [3.8, 4) is 0 Å². The SMILES string of the molecule is CC[C@H](C)[C@H](C(=O)OCCC[N+]1(C)CCCCC1)c1ccccc1. The average Bonchev–Trinajstić information content (AvgIpc) is 2.60. The van der Waals surface area contributed by atoms with Crippen LogP contribution in [-0.4, -0.2) is 43.7 Å². The number of hydrogen-bond donors (Lipinski definition) is 0. The van der Waals surface area contributed by atoms with E-state index in [1.807, 2.05) is 30.3 Å². The number of ether oxygens (including phenoxy) is 1. The Morgan fingerprint density at radius 1 is 1.17 bits per heavy atom. The standard InChI is InChI=1S/C21H34NO2/c1-4-18(2)20(19-12-7-5-8-13-19)21(23)24-17-11-16-22(3)14-9-6-10-15-22/h5,7-8,12-13,18,20H,4,6,9-11,14-17H2,1-3H3/q+1/t18-,20-/m0/s1. The van der Waals surface area contributed by atoms with E-state index in [0.717, 1.165) is 29.4 Å². The quantitative estimate of drug-likeness (QED) is 0.401. The minimum absolute atomic E-state index is 0.0585. The molecule has 0 aromatic heterocycles. The maximum atomic E-state index is 12.6. The molecule has 3 heteroatoms. The van der Waals surface area contributed by atoms with Gasteiger partial charge in [0.1, 0.15) is 0 Å². The molecule has 0 aliphatic carbocycles. The van der Waals surface area contributed by atoms with Gasteiger partial charge in [0.25, 0.3) is 0 Å². The highest BCUT2D eigenvalue weighted by Crippen LogP contribution is 2.28. The minimum atomic E-state index is -0.143. The van der Waals surface area contributed by atoms with E-state index in [1.165, 1.54) is 32.4 Å². The van der Waals surface area contributed by atoms with Crippen molar-refractivity contribution >= 4 is 5.97 Å². The van der Waals surface area contributed by atoms with Crippen molar-refractivity contribution in [3.63, 3.8) is 0 Å². The Kier molecular flexibility index (Phi) is 7.29. The van der Waals surface area contributed by atoms with Crippen LogP contribution in [0.25, 0.3) is 0 Å². The van der Waals surface area contributed by atoms with Gasteiger partial charge < -0.3 is 9.22 Å². The van der Waals surface area contributed by atoms with Crippen LogP contribution in [0.15, 0.2) is 30.3 Å². The first-order chi connectivity index (χ1) is 11.6. The number of esters is 1. The highest BCUT2D eigenvalue weighted by Gasteiger charge is 2.28. The van der Waals surface area contributed by atoms with Crippen molar-refractivity contribution in [2.75, 3.05) is 33.3 Å². The van der Waals surface area contributed by atoms with Gasteiger partial charge in [-0.2, -0.15) is 0 Å². The number of benzene rings is 1. The fraction of sp³-hybridized carbons (Fsp3) is 0.667. The molecule has 1 fully saturated rings. The van der Waals surface area contributed by atoms with Crippen molar-refractivity contribution in [1.29, 1.82) is 0 Å². The summed E-state index contributed by atoms with van der Waals surface area (Å²) in [5, 5.41) is 0. The maximum absolute atomic E-state index is 12.6. The molecule has 24 heavy (non-hydrogen) atoms. The first-order valence-corrected chi connectivity index (χ1v) is 9.61. The van der Waals surface area contributed by atoms with E-state index in [0.29, 0.717) is 12.5 Å². The summed E-state index contributed by atoms with van der Waals surface area (Å²) < 4.78 is 6.81. The van der Waals surface area contributed by atoms with Crippen LogP contribution in [0.4, 0.5) is 0 Å². The number of carbonyl (C=O) groups excluding carboxylic acids is 1. The largest absolute Gasteiger partial charge is 0.465 e. The van der Waals surface area contributed by atoms with Gasteiger partial charge in [0.15, 0.2) is 0 Å². The molecular formula is C21H34NO2+. The number of hydrogen-bond acceptors (Lipinski definition) is 2. The van der Waals surface area contributed by atoms with E-state index >= 15 is 0 Å². The van der Waals surface area contributed by atoms with E-state index in [4.69, 9.17) is 4.74 Å². The van der Waals surface area contributed by atoms with Crippen molar-refractivity contribution in [2.24, 2.45) is 5.92 Å². The lowest BCUT2D eigenvalue weighted by Crippen LogP contribution is -2.48. The van der Waals surface area contributed by atoms with E-state index < -0.39 is 0 Å². The summed E-state index contributed by atoms with van der Waals surface area (Å²) in [6, 6.07) is 10.1. The maximum Gasteiger partial charge on any atom is 0.313 e. The normalized spacial score (nSPS) is 19.5. The van der Waals surface area contributed by atoms with Crippen molar-refractivity contribution in [2.45, 2.75) is 51.9 Å². The molecule has 0 spiro atoms. The van der Waals surface area contributed by atoms with Gasteiger partial charge >= 0.3 is 5.97 Å². The monoisotopic (exact) mass is 332 g/mol. The predicted octanol–water partition coefficient (Wildman–Crippen LogP) is 4.38. The number of quaternary nitrogens is 1. The fourth-order valence-corrected chi connectivity index (χ4v) is 3.80. The molecule has 1 aromatic rings. The molecule has 0 unspecified atom stereocenters. The number of piperidine rings is 1. The van der Waals surface area contributed by atoms with Crippen molar-refractivity contribution in [3.05, 3.63) is 35.9 Å². The van der Waals surface area contributed by atoms with Gasteiger partial charge in [0, 0.05) is 6.42 Å². The Morgan fingerprint density at radius 2 is 1.83 bits per heavy atom. The van der Waals surface area contributed by atoms with Gasteiger partial charge in [-0.15, -0.1) is 0 Å².